The average Bonchev–Trinajstić information content (AvgIpc) is 2.90. The van der Waals surface area contributed by atoms with Crippen molar-refractivity contribution in [3.8, 4) is 0 Å². The fourth-order valence-electron chi connectivity index (χ4n) is 2.35. The molecule has 1 aromatic carbocycles. The van der Waals surface area contributed by atoms with Gasteiger partial charge in [0.15, 0.2) is 0 Å². The van der Waals surface area contributed by atoms with Crippen molar-refractivity contribution in [3.05, 3.63) is 35.2 Å². The summed E-state index contributed by atoms with van der Waals surface area (Å²) in [7, 11) is 0. The predicted molar refractivity (Wildman–Crippen MR) is 84.0 cm³/mol. The van der Waals surface area contributed by atoms with Crippen LogP contribution in [0.25, 0.3) is 10.1 Å². The minimum Gasteiger partial charge on any atom is -0.381 e. The Morgan fingerprint density at radius 3 is 2.89 bits per heavy atom. The molecule has 0 amide bonds. The van der Waals surface area contributed by atoms with Crippen molar-refractivity contribution in [3.63, 3.8) is 0 Å². The molecule has 2 nitrogen and oxygen atoms in total. The molecule has 1 aromatic heterocycles. The first kappa shape index (κ1) is 14.5. The van der Waals surface area contributed by atoms with E-state index in [2.05, 4.69) is 48.8 Å². The van der Waals surface area contributed by atoms with Crippen molar-refractivity contribution in [1.29, 1.82) is 0 Å². The van der Waals surface area contributed by atoms with Crippen LogP contribution in [-0.2, 0) is 4.74 Å². The summed E-state index contributed by atoms with van der Waals surface area (Å²) < 4.78 is 7.04. The number of rotatable bonds is 8. The van der Waals surface area contributed by atoms with Crippen LogP contribution >= 0.6 is 11.3 Å². The Kier molecular flexibility index (Phi) is 5.83. The van der Waals surface area contributed by atoms with Crippen LogP contribution in [0.1, 0.15) is 38.3 Å². The zero-order valence-electron chi connectivity index (χ0n) is 11.8. The summed E-state index contributed by atoms with van der Waals surface area (Å²) in [5, 5.41) is 7.10. The Bertz CT molecular complexity index is 494. The Morgan fingerprint density at radius 1 is 1.21 bits per heavy atom. The number of benzene rings is 1. The van der Waals surface area contributed by atoms with Crippen LogP contribution < -0.4 is 5.32 Å². The molecular formula is C16H23NOS. The highest BCUT2D eigenvalue weighted by Gasteiger charge is 2.13. The minimum absolute atomic E-state index is 0.393. The molecule has 0 bridgehead atoms. The van der Waals surface area contributed by atoms with E-state index in [1.54, 1.807) is 0 Å². The molecule has 3 heteroatoms. The van der Waals surface area contributed by atoms with Gasteiger partial charge in [-0.25, -0.2) is 0 Å². The molecule has 0 aliphatic heterocycles. The third-order valence-electron chi connectivity index (χ3n) is 3.23. The standard InChI is InChI=1S/C16H23NOS/c1-3-10-18-11-8-15(17-4-2)14-7-5-6-13-9-12-19-16(13)14/h5-7,9,12,15,17H,3-4,8,10-11H2,1-2H3. The highest BCUT2D eigenvalue weighted by Crippen LogP contribution is 2.30. The summed E-state index contributed by atoms with van der Waals surface area (Å²) >= 11 is 1.83. The Labute approximate surface area is 119 Å². The van der Waals surface area contributed by atoms with Crippen molar-refractivity contribution < 1.29 is 4.74 Å². The molecule has 1 unspecified atom stereocenters. The first-order valence-corrected chi connectivity index (χ1v) is 8.02. The highest BCUT2D eigenvalue weighted by atomic mass is 32.1. The molecule has 0 radical (unpaired) electrons. The third kappa shape index (κ3) is 3.78. The molecule has 1 atom stereocenters. The Morgan fingerprint density at radius 2 is 2.11 bits per heavy atom. The van der Waals surface area contributed by atoms with Gasteiger partial charge in [-0.15, -0.1) is 11.3 Å². The molecule has 19 heavy (non-hydrogen) atoms. The van der Waals surface area contributed by atoms with Gasteiger partial charge in [-0.05, 0) is 41.8 Å². The number of thiophene rings is 1. The predicted octanol–water partition coefficient (Wildman–Crippen LogP) is 4.37. The van der Waals surface area contributed by atoms with E-state index in [1.165, 1.54) is 15.6 Å². The summed E-state index contributed by atoms with van der Waals surface area (Å²) in [4.78, 5) is 0. The smallest absolute Gasteiger partial charge is 0.0484 e. The summed E-state index contributed by atoms with van der Waals surface area (Å²) in [5.74, 6) is 0. The second kappa shape index (κ2) is 7.63. The Hall–Kier alpha value is -0.900. The van der Waals surface area contributed by atoms with Crippen LogP contribution in [0.5, 0.6) is 0 Å². The lowest BCUT2D eigenvalue weighted by molar-refractivity contribution is 0.125. The van der Waals surface area contributed by atoms with E-state index in [-0.39, 0.29) is 0 Å². The average molecular weight is 277 g/mol. The zero-order valence-corrected chi connectivity index (χ0v) is 12.6. The number of nitrogens with one attached hydrogen (secondary N) is 1. The van der Waals surface area contributed by atoms with Crippen molar-refractivity contribution in [2.75, 3.05) is 19.8 Å². The SMILES string of the molecule is CCCOCCC(NCC)c1cccc2ccsc12. The molecular weight excluding hydrogens is 254 g/mol. The normalized spacial score (nSPS) is 12.9. The van der Waals surface area contributed by atoms with Crippen LogP contribution in [0.15, 0.2) is 29.6 Å². The van der Waals surface area contributed by atoms with Crippen LogP contribution in [0, 0.1) is 0 Å². The van der Waals surface area contributed by atoms with Gasteiger partial charge in [0.25, 0.3) is 0 Å². The molecule has 1 N–H and O–H groups in total. The van der Waals surface area contributed by atoms with Crippen LogP contribution in [-0.4, -0.2) is 19.8 Å². The molecule has 0 spiro atoms. The van der Waals surface area contributed by atoms with Gasteiger partial charge in [-0.3, -0.25) is 0 Å². The number of fused-ring (bicyclic) bond motifs is 1. The monoisotopic (exact) mass is 277 g/mol. The molecule has 0 aliphatic carbocycles. The summed E-state index contributed by atoms with van der Waals surface area (Å²) in [5.41, 5.74) is 1.41. The molecule has 1 heterocycles. The van der Waals surface area contributed by atoms with Gasteiger partial charge in [0.2, 0.25) is 0 Å². The lowest BCUT2D eigenvalue weighted by Gasteiger charge is -2.19. The van der Waals surface area contributed by atoms with Gasteiger partial charge >= 0.3 is 0 Å². The maximum absolute atomic E-state index is 5.64. The number of hydrogen-bond acceptors (Lipinski definition) is 3. The van der Waals surface area contributed by atoms with Crippen LogP contribution in [0.4, 0.5) is 0 Å². The van der Waals surface area contributed by atoms with Crippen LogP contribution in [0.2, 0.25) is 0 Å². The first-order valence-electron chi connectivity index (χ1n) is 7.14. The molecule has 2 rings (SSSR count). The van der Waals surface area contributed by atoms with Gasteiger partial charge in [-0.2, -0.15) is 0 Å². The molecule has 0 aliphatic rings. The fourth-order valence-corrected chi connectivity index (χ4v) is 3.32. The van der Waals surface area contributed by atoms with E-state index >= 15 is 0 Å². The first-order chi connectivity index (χ1) is 9.36. The van der Waals surface area contributed by atoms with E-state index in [9.17, 15) is 0 Å². The van der Waals surface area contributed by atoms with E-state index in [1.807, 2.05) is 11.3 Å². The zero-order chi connectivity index (χ0) is 13.5. The van der Waals surface area contributed by atoms with Gasteiger partial charge in [0, 0.05) is 24.0 Å². The van der Waals surface area contributed by atoms with Crippen LogP contribution in [0.3, 0.4) is 0 Å². The lowest BCUT2D eigenvalue weighted by Crippen LogP contribution is -2.22. The van der Waals surface area contributed by atoms with Gasteiger partial charge < -0.3 is 10.1 Å². The second-order valence-corrected chi connectivity index (χ2v) is 5.61. The number of hydrogen-bond donors (Lipinski definition) is 1. The molecule has 104 valence electrons. The van der Waals surface area contributed by atoms with E-state index < -0.39 is 0 Å². The maximum atomic E-state index is 5.64. The summed E-state index contributed by atoms with van der Waals surface area (Å²) in [6.45, 7) is 6.98. The van der Waals surface area contributed by atoms with Crippen molar-refractivity contribution in [2.24, 2.45) is 0 Å². The van der Waals surface area contributed by atoms with Crippen molar-refractivity contribution >= 4 is 21.4 Å². The fraction of sp³-hybridized carbons (Fsp3) is 0.500. The van der Waals surface area contributed by atoms with E-state index in [4.69, 9.17) is 4.74 Å². The lowest BCUT2D eigenvalue weighted by atomic mass is 10.0. The summed E-state index contributed by atoms with van der Waals surface area (Å²) in [6.07, 6.45) is 2.12. The van der Waals surface area contributed by atoms with Gasteiger partial charge in [-0.1, -0.05) is 32.0 Å². The van der Waals surface area contributed by atoms with E-state index in [0.29, 0.717) is 6.04 Å². The van der Waals surface area contributed by atoms with Gasteiger partial charge in [0.05, 0.1) is 0 Å². The molecule has 0 saturated heterocycles. The molecule has 0 saturated carbocycles. The van der Waals surface area contributed by atoms with Crippen molar-refractivity contribution in [1.82, 2.24) is 5.32 Å². The maximum Gasteiger partial charge on any atom is 0.0484 e. The molecule has 0 fully saturated rings. The van der Waals surface area contributed by atoms with Crippen molar-refractivity contribution in [2.45, 2.75) is 32.7 Å². The second-order valence-electron chi connectivity index (χ2n) is 4.70. The largest absolute Gasteiger partial charge is 0.381 e. The third-order valence-corrected chi connectivity index (χ3v) is 4.21. The van der Waals surface area contributed by atoms with Gasteiger partial charge in [0.1, 0.15) is 0 Å². The highest BCUT2D eigenvalue weighted by molar-refractivity contribution is 7.17. The Balaban J connectivity index is 2.11. The quantitative estimate of drug-likeness (QED) is 0.723. The minimum atomic E-state index is 0.393. The molecule has 2 aromatic rings. The summed E-state index contributed by atoms with van der Waals surface area (Å²) in [6, 6.07) is 9.17. The van der Waals surface area contributed by atoms with E-state index in [0.717, 1.165) is 32.6 Å². The number of ether oxygens (including phenoxy) is 1. The topological polar surface area (TPSA) is 21.3 Å².